The molecule has 1 saturated heterocycles. The molecule has 0 aromatic carbocycles. The third kappa shape index (κ3) is 5.54. The summed E-state index contributed by atoms with van der Waals surface area (Å²) >= 11 is 12.1. The molecule has 0 radical (unpaired) electrons. The summed E-state index contributed by atoms with van der Waals surface area (Å²) in [5.74, 6) is -0.254. The summed E-state index contributed by atoms with van der Waals surface area (Å²) in [7, 11) is 0. The van der Waals surface area contributed by atoms with E-state index in [1.165, 1.54) is 13.1 Å². The second-order valence-corrected chi connectivity index (χ2v) is 9.71. The van der Waals surface area contributed by atoms with Crippen molar-refractivity contribution in [3.8, 4) is 0 Å². The number of Topliss-reactive ketones (excluding diaryl/α,β-unsaturated/α-hetero) is 1. The molecular weight excluding hydrogens is 441 g/mol. The molecule has 2 amide bonds. The number of hydrogen-bond donors (Lipinski definition) is 3. The molecule has 1 aliphatic carbocycles. The lowest BCUT2D eigenvalue weighted by Crippen LogP contribution is -2.48. The van der Waals surface area contributed by atoms with E-state index >= 15 is 0 Å². The Labute approximate surface area is 191 Å². The molecule has 1 aromatic heterocycles. The van der Waals surface area contributed by atoms with E-state index in [9.17, 15) is 14.4 Å². The normalized spacial score (nSPS) is 23.9. The number of nitrogens with one attached hydrogen (secondary N) is 3. The summed E-state index contributed by atoms with van der Waals surface area (Å²) < 4.78 is -0.762. The molecule has 2 heterocycles. The zero-order valence-corrected chi connectivity index (χ0v) is 19.1. The van der Waals surface area contributed by atoms with Crippen molar-refractivity contribution in [2.75, 3.05) is 25.0 Å². The van der Waals surface area contributed by atoms with E-state index in [0.29, 0.717) is 31.5 Å². The highest BCUT2D eigenvalue weighted by Gasteiger charge is 2.51. The summed E-state index contributed by atoms with van der Waals surface area (Å²) in [6.45, 7) is 4.15. The van der Waals surface area contributed by atoms with Crippen molar-refractivity contribution < 1.29 is 14.4 Å². The predicted octanol–water partition coefficient (Wildman–Crippen LogP) is 2.39. The Hall–Kier alpha value is -2.19. The lowest BCUT2D eigenvalue weighted by Gasteiger charge is -2.24. The number of nitrogens with zero attached hydrogens (tertiary/aromatic N) is 2. The highest BCUT2D eigenvalue weighted by Crippen LogP contribution is 2.52. The molecule has 3 rings (SSSR count). The minimum absolute atomic E-state index is 0.0353. The molecule has 1 aromatic rings. The molecular formula is C21H27Cl2N5O3. The van der Waals surface area contributed by atoms with Gasteiger partial charge in [-0.25, -0.2) is 4.98 Å². The first-order valence-electron chi connectivity index (χ1n) is 10.4. The van der Waals surface area contributed by atoms with Gasteiger partial charge in [-0.05, 0) is 30.9 Å². The van der Waals surface area contributed by atoms with Gasteiger partial charge in [0, 0.05) is 37.7 Å². The number of aromatic nitrogens is 1. The van der Waals surface area contributed by atoms with Crippen LogP contribution < -0.4 is 10.6 Å². The van der Waals surface area contributed by atoms with Gasteiger partial charge in [0.05, 0.1) is 6.54 Å². The molecule has 1 aliphatic heterocycles. The average Bonchev–Trinajstić information content (AvgIpc) is 3.14. The van der Waals surface area contributed by atoms with Crippen LogP contribution in [0.15, 0.2) is 18.3 Å². The van der Waals surface area contributed by atoms with Crippen LogP contribution in [0.1, 0.15) is 38.7 Å². The van der Waals surface area contributed by atoms with Gasteiger partial charge in [0.2, 0.25) is 11.8 Å². The third-order valence-corrected chi connectivity index (χ3v) is 6.83. The molecule has 168 valence electrons. The molecule has 3 unspecified atom stereocenters. The Morgan fingerprint density at radius 3 is 2.68 bits per heavy atom. The van der Waals surface area contributed by atoms with Crippen molar-refractivity contribution >= 4 is 52.3 Å². The molecule has 3 atom stereocenters. The molecule has 10 heteroatoms. The monoisotopic (exact) mass is 467 g/mol. The van der Waals surface area contributed by atoms with Crippen LogP contribution in [0.4, 0.5) is 5.82 Å². The number of alkyl halides is 2. The first-order valence-corrected chi connectivity index (χ1v) is 11.1. The average molecular weight is 468 g/mol. The summed E-state index contributed by atoms with van der Waals surface area (Å²) in [5.41, 5.74) is 0.155. The maximum absolute atomic E-state index is 13.0. The van der Waals surface area contributed by atoms with Crippen LogP contribution in [0, 0.1) is 17.2 Å². The number of likely N-dealkylation sites (tertiary alicyclic amines) is 1. The highest BCUT2D eigenvalue weighted by atomic mass is 35.5. The maximum atomic E-state index is 13.0. The second kappa shape index (κ2) is 9.53. The van der Waals surface area contributed by atoms with Crippen molar-refractivity contribution in [1.82, 2.24) is 15.2 Å². The summed E-state index contributed by atoms with van der Waals surface area (Å²) in [5, 5.41) is 13.7. The Balaban J connectivity index is 1.63. The van der Waals surface area contributed by atoms with E-state index in [4.69, 9.17) is 28.6 Å². The van der Waals surface area contributed by atoms with E-state index in [-0.39, 0.29) is 41.7 Å². The summed E-state index contributed by atoms with van der Waals surface area (Å²) in [6.07, 6.45) is 3.65. The van der Waals surface area contributed by atoms with Crippen LogP contribution in [-0.4, -0.2) is 63.2 Å². The molecule has 31 heavy (non-hydrogen) atoms. The first kappa shape index (κ1) is 23.5. The quantitative estimate of drug-likeness (QED) is 0.380. The number of carbonyl (C=O) groups excluding carboxylic acids is 3. The largest absolute Gasteiger partial charge is 0.360 e. The van der Waals surface area contributed by atoms with E-state index in [1.807, 2.05) is 6.92 Å². The summed E-state index contributed by atoms with van der Waals surface area (Å²) in [4.78, 5) is 43.0. The molecule has 1 saturated carbocycles. The SMILES string of the molecule is CCC1CC(C(=O)NCC2CC2(Cl)Cl)N(C(=O)CNc2ncccc2C(=N)C(C)=O)C1. The minimum Gasteiger partial charge on any atom is -0.360 e. The van der Waals surface area contributed by atoms with E-state index in [1.54, 1.807) is 17.0 Å². The fraction of sp³-hybridized carbons (Fsp3) is 0.571. The number of anilines is 1. The number of amides is 2. The third-order valence-electron chi connectivity index (χ3n) is 5.90. The number of pyridine rings is 1. The number of ketones is 1. The van der Waals surface area contributed by atoms with Gasteiger partial charge in [-0.2, -0.15) is 0 Å². The zero-order chi connectivity index (χ0) is 22.8. The lowest BCUT2D eigenvalue weighted by molar-refractivity contribution is -0.137. The minimum atomic E-state index is -0.762. The fourth-order valence-corrected chi connectivity index (χ4v) is 4.30. The number of hydrogen-bond acceptors (Lipinski definition) is 6. The molecule has 2 aliphatic rings. The van der Waals surface area contributed by atoms with Gasteiger partial charge in [-0.1, -0.05) is 13.3 Å². The first-order chi connectivity index (χ1) is 14.6. The predicted molar refractivity (Wildman–Crippen MR) is 120 cm³/mol. The Morgan fingerprint density at radius 2 is 2.06 bits per heavy atom. The topological polar surface area (TPSA) is 115 Å². The van der Waals surface area contributed by atoms with Gasteiger partial charge in [0.1, 0.15) is 21.9 Å². The second-order valence-electron chi connectivity index (χ2n) is 8.16. The van der Waals surface area contributed by atoms with E-state index in [2.05, 4.69) is 15.6 Å². The van der Waals surface area contributed by atoms with Crippen molar-refractivity contribution in [1.29, 1.82) is 5.41 Å². The van der Waals surface area contributed by atoms with Crippen LogP contribution in [0.3, 0.4) is 0 Å². The molecule has 0 spiro atoms. The smallest absolute Gasteiger partial charge is 0.242 e. The number of carbonyl (C=O) groups is 3. The number of halogens is 2. The van der Waals surface area contributed by atoms with Gasteiger partial charge in [0.15, 0.2) is 5.78 Å². The van der Waals surface area contributed by atoms with Crippen LogP contribution in [-0.2, 0) is 14.4 Å². The van der Waals surface area contributed by atoms with Crippen LogP contribution in [0.25, 0.3) is 0 Å². The Bertz CT molecular complexity index is 892. The Morgan fingerprint density at radius 1 is 1.35 bits per heavy atom. The molecule has 8 nitrogen and oxygen atoms in total. The fourth-order valence-electron chi connectivity index (χ4n) is 3.77. The van der Waals surface area contributed by atoms with Gasteiger partial charge in [0.25, 0.3) is 0 Å². The van der Waals surface area contributed by atoms with Gasteiger partial charge < -0.3 is 15.5 Å². The van der Waals surface area contributed by atoms with Crippen LogP contribution >= 0.6 is 23.2 Å². The molecule has 3 N–H and O–H groups in total. The lowest BCUT2D eigenvalue weighted by atomic mass is 10.0. The maximum Gasteiger partial charge on any atom is 0.242 e. The van der Waals surface area contributed by atoms with Crippen molar-refractivity contribution in [3.05, 3.63) is 23.9 Å². The Kier molecular flexibility index (Phi) is 7.21. The van der Waals surface area contributed by atoms with Gasteiger partial charge in [-0.3, -0.25) is 19.8 Å². The van der Waals surface area contributed by atoms with Crippen molar-refractivity contribution in [2.45, 2.75) is 43.5 Å². The van der Waals surface area contributed by atoms with E-state index in [0.717, 1.165) is 6.42 Å². The van der Waals surface area contributed by atoms with Crippen molar-refractivity contribution in [3.63, 3.8) is 0 Å². The molecule has 0 bridgehead atoms. The highest BCUT2D eigenvalue weighted by molar-refractivity contribution is 6.50. The van der Waals surface area contributed by atoms with Crippen molar-refractivity contribution in [2.24, 2.45) is 11.8 Å². The van der Waals surface area contributed by atoms with Gasteiger partial charge >= 0.3 is 0 Å². The summed E-state index contributed by atoms with van der Waals surface area (Å²) in [6, 6.07) is 2.69. The zero-order valence-electron chi connectivity index (χ0n) is 17.6. The van der Waals surface area contributed by atoms with Crippen LogP contribution in [0.5, 0.6) is 0 Å². The molecule has 2 fully saturated rings. The van der Waals surface area contributed by atoms with Crippen LogP contribution in [0.2, 0.25) is 0 Å². The van der Waals surface area contributed by atoms with E-state index < -0.39 is 16.2 Å². The standard InChI is InChI=1S/C21H27Cl2N5O3/c1-3-13-7-16(20(31)27-9-14-8-21(14,22)23)28(11-13)17(30)10-26-19-15(5-4-6-25-19)18(24)12(2)29/h4-6,13-14,16,24H,3,7-11H2,1-2H3,(H,25,26)(H,27,31). The van der Waals surface area contributed by atoms with Gasteiger partial charge in [-0.15, -0.1) is 23.2 Å². The number of rotatable bonds is 9.